The third-order valence-corrected chi connectivity index (χ3v) is 4.06. The maximum absolute atomic E-state index is 12.9. The van der Waals surface area contributed by atoms with E-state index in [-0.39, 0.29) is 11.9 Å². The number of ether oxygens (including phenoxy) is 1. The Hall–Kier alpha value is -0.930. The van der Waals surface area contributed by atoms with Gasteiger partial charge < -0.3 is 10.1 Å². The summed E-state index contributed by atoms with van der Waals surface area (Å²) in [6.45, 7) is 3.00. The zero-order valence-electron chi connectivity index (χ0n) is 10.7. The van der Waals surface area contributed by atoms with Gasteiger partial charge in [-0.2, -0.15) is 0 Å². The van der Waals surface area contributed by atoms with E-state index in [1.54, 1.807) is 0 Å². The highest BCUT2D eigenvalue weighted by Gasteiger charge is 2.40. The zero-order valence-corrected chi connectivity index (χ0v) is 10.7. The first kappa shape index (κ1) is 12.1. The summed E-state index contributed by atoms with van der Waals surface area (Å²) < 4.78 is 18.7. The van der Waals surface area contributed by atoms with E-state index in [9.17, 15) is 4.39 Å². The molecule has 1 aromatic rings. The number of halogens is 1. The first-order valence-corrected chi connectivity index (χ1v) is 6.87. The molecule has 2 fully saturated rings. The number of hydrogen-bond acceptors (Lipinski definition) is 2. The maximum Gasteiger partial charge on any atom is 0.123 e. The zero-order chi connectivity index (χ0) is 12.5. The van der Waals surface area contributed by atoms with Gasteiger partial charge >= 0.3 is 0 Å². The lowest BCUT2D eigenvalue weighted by Gasteiger charge is -2.24. The molecule has 18 heavy (non-hydrogen) atoms. The van der Waals surface area contributed by atoms with Crippen molar-refractivity contribution in [3.8, 4) is 0 Å². The number of nitrogens with one attached hydrogen (secondary N) is 1. The van der Waals surface area contributed by atoms with Crippen LogP contribution in [0.5, 0.6) is 0 Å². The smallest absolute Gasteiger partial charge is 0.123 e. The molecule has 98 valence electrons. The molecule has 2 aliphatic rings. The van der Waals surface area contributed by atoms with E-state index < -0.39 is 0 Å². The molecular weight excluding hydrogens is 229 g/mol. The van der Waals surface area contributed by atoms with E-state index in [0.29, 0.717) is 12.1 Å². The van der Waals surface area contributed by atoms with Gasteiger partial charge in [-0.05, 0) is 49.8 Å². The third kappa shape index (κ3) is 2.57. The van der Waals surface area contributed by atoms with Crippen LogP contribution in [0.1, 0.15) is 37.8 Å². The topological polar surface area (TPSA) is 21.3 Å². The molecule has 3 heteroatoms. The third-order valence-electron chi connectivity index (χ3n) is 4.06. The molecular formula is C15H20FNO. The Balaban J connectivity index is 1.62. The van der Waals surface area contributed by atoms with Gasteiger partial charge in [0, 0.05) is 18.7 Å². The molecule has 1 aliphatic carbocycles. The monoisotopic (exact) mass is 249 g/mol. The van der Waals surface area contributed by atoms with Crippen LogP contribution >= 0.6 is 0 Å². The Bertz CT molecular complexity index is 401. The van der Waals surface area contributed by atoms with Crippen molar-refractivity contribution in [1.29, 1.82) is 0 Å². The van der Waals surface area contributed by atoms with Gasteiger partial charge in [0.05, 0.1) is 6.10 Å². The maximum atomic E-state index is 12.9. The second kappa shape index (κ2) is 4.98. The minimum absolute atomic E-state index is 0.175. The Morgan fingerprint density at radius 1 is 1.22 bits per heavy atom. The number of rotatable bonds is 4. The average Bonchev–Trinajstić information content (AvgIpc) is 3.11. The second-order valence-corrected chi connectivity index (χ2v) is 5.51. The van der Waals surface area contributed by atoms with E-state index >= 15 is 0 Å². The number of benzene rings is 1. The van der Waals surface area contributed by atoms with Crippen LogP contribution in [-0.4, -0.2) is 18.8 Å². The van der Waals surface area contributed by atoms with Crippen molar-refractivity contribution in [2.75, 3.05) is 6.61 Å². The molecule has 1 saturated carbocycles. The summed E-state index contributed by atoms with van der Waals surface area (Å²) in [5.41, 5.74) is 1.14. The summed E-state index contributed by atoms with van der Waals surface area (Å²) in [5, 5.41) is 3.64. The Morgan fingerprint density at radius 2 is 1.94 bits per heavy atom. The molecule has 3 rings (SSSR count). The first-order chi connectivity index (χ1) is 8.74. The standard InChI is InChI=1S/C15H20FNO/c1-10(11-4-6-13(16)7-5-11)17-14-8-9-18-15(14)12-2-3-12/h4-7,10,12,14-15,17H,2-3,8-9H2,1H3. The van der Waals surface area contributed by atoms with Crippen molar-refractivity contribution in [2.45, 2.75) is 44.4 Å². The second-order valence-electron chi connectivity index (χ2n) is 5.51. The predicted molar refractivity (Wildman–Crippen MR) is 68.8 cm³/mol. The summed E-state index contributed by atoms with van der Waals surface area (Å²) in [5.74, 6) is 0.594. The van der Waals surface area contributed by atoms with Crippen LogP contribution in [0, 0.1) is 11.7 Å². The van der Waals surface area contributed by atoms with Crippen molar-refractivity contribution >= 4 is 0 Å². The quantitative estimate of drug-likeness (QED) is 0.885. The van der Waals surface area contributed by atoms with Crippen LogP contribution in [-0.2, 0) is 4.74 Å². The summed E-state index contributed by atoms with van der Waals surface area (Å²) >= 11 is 0. The van der Waals surface area contributed by atoms with Crippen LogP contribution in [0.3, 0.4) is 0 Å². The molecule has 0 amide bonds. The summed E-state index contributed by atoms with van der Waals surface area (Å²) in [6, 6.07) is 7.47. The average molecular weight is 249 g/mol. The molecule has 1 aliphatic heterocycles. The van der Waals surface area contributed by atoms with Crippen molar-refractivity contribution < 1.29 is 9.13 Å². The normalized spacial score (nSPS) is 29.4. The first-order valence-electron chi connectivity index (χ1n) is 6.87. The molecule has 1 saturated heterocycles. The summed E-state index contributed by atoms with van der Waals surface area (Å²) in [6.07, 6.45) is 4.11. The van der Waals surface area contributed by atoms with E-state index in [1.165, 1.54) is 25.0 Å². The molecule has 1 heterocycles. The summed E-state index contributed by atoms with van der Waals surface area (Å²) in [7, 11) is 0. The van der Waals surface area contributed by atoms with E-state index in [2.05, 4.69) is 12.2 Å². The molecule has 0 radical (unpaired) electrons. The fourth-order valence-corrected chi connectivity index (χ4v) is 2.85. The van der Waals surface area contributed by atoms with Gasteiger partial charge in [-0.25, -0.2) is 4.39 Å². The van der Waals surface area contributed by atoms with Gasteiger partial charge in [0.1, 0.15) is 5.82 Å². The molecule has 3 atom stereocenters. The Labute approximate surface area is 108 Å². The van der Waals surface area contributed by atoms with Gasteiger partial charge in [0.2, 0.25) is 0 Å². The van der Waals surface area contributed by atoms with Crippen molar-refractivity contribution in [2.24, 2.45) is 5.92 Å². The molecule has 3 unspecified atom stereocenters. The molecule has 0 spiro atoms. The fourth-order valence-electron chi connectivity index (χ4n) is 2.85. The van der Waals surface area contributed by atoms with Crippen molar-refractivity contribution in [3.05, 3.63) is 35.6 Å². The largest absolute Gasteiger partial charge is 0.376 e. The van der Waals surface area contributed by atoms with Crippen LogP contribution < -0.4 is 5.32 Å². The lowest BCUT2D eigenvalue weighted by Crippen LogP contribution is -2.39. The highest BCUT2D eigenvalue weighted by molar-refractivity contribution is 5.19. The minimum Gasteiger partial charge on any atom is -0.376 e. The highest BCUT2D eigenvalue weighted by Crippen LogP contribution is 2.39. The van der Waals surface area contributed by atoms with E-state index in [1.807, 2.05) is 12.1 Å². The van der Waals surface area contributed by atoms with Crippen molar-refractivity contribution in [3.63, 3.8) is 0 Å². The van der Waals surface area contributed by atoms with Gasteiger partial charge in [0.25, 0.3) is 0 Å². The van der Waals surface area contributed by atoms with Crippen LogP contribution in [0.25, 0.3) is 0 Å². The van der Waals surface area contributed by atoms with Gasteiger partial charge in [-0.3, -0.25) is 0 Å². The van der Waals surface area contributed by atoms with Crippen LogP contribution in [0.2, 0.25) is 0 Å². The van der Waals surface area contributed by atoms with Gasteiger partial charge in [0.15, 0.2) is 0 Å². The fraction of sp³-hybridized carbons (Fsp3) is 0.600. The minimum atomic E-state index is -0.175. The SMILES string of the molecule is CC(NC1CCOC1C1CC1)c1ccc(F)cc1. The molecule has 1 N–H and O–H groups in total. The highest BCUT2D eigenvalue weighted by atomic mass is 19.1. The lowest BCUT2D eigenvalue weighted by atomic mass is 10.0. The van der Waals surface area contributed by atoms with Crippen LogP contribution in [0.4, 0.5) is 4.39 Å². The molecule has 0 aromatic heterocycles. The lowest BCUT2D eigenvalue weighted by molar-refractivity contribution is 0.0793. The van der Waals surface area contributed by atoms with Crippen molar-refractivity contribution in [1.82, 2.24) is 5.32 Å². The van der Waals surface area contributed by atoms with Gasteiger partial charge in [-0.1, -0.05) is 12.1 Å². The molecule has 0 bridgehead atoms. The van der Waals surface area contributed by atoms with Crippen LogP contribution in [0.15, 0.2) is 24.3 Å². The molecule has 2 nitrogen and oxygen atoms in total. The summed E-state index contributed by atoms with van der Waals surface area (Å²) in [4.78, 5) is 0. The predicted octanol–water partition coefficient (Wildman–Crippen LogP) is 3.04. The Morgan fingerprint density at radius 3 is 2.61 bits per heavy atom. The molecule has 1 aromatic carbocycles. The van der Waals surface area contributed by atoms with E-state index in [4.69, 9.17) is 4.74 Å². The Kier molecular flexibility index (Phi) is 3.35. The van der Waals surface area contributed by atoms with Gasteiger partial charge in [-0.15, -0.1) is 0 Å². The van der Waals surface area contributed by atoms with E-state index in [0.717, 1.165) is 24.5 Å². The number of hydrogen-bond donors (Lipinski definition) is 1.